The van der Waals surface area contributed by atoms with E-state index in [-0.39, 0.29) is 0 Å². The van der Waals surface area contributed by atoms with E-state index in [0.29, 0.717) is 6.54 Å². The van der Waals surface area contributed by atoms with Gasteiger partial charge in [-0.3, -0.25) is 4.98 Å². The standard InChI is InChI=1S/C14H11ClN4/c15-13-4-3-10(14-12(13)2-1-5-18-14)6-19-11-7-16-9-17-8-11/h1-5,7-9,19H,6H2. The SMILES string of the molecule is Clc1ccc(CNc2cncnc2)c2ncccc12. The summed E-state index contributed by atoms with van der Waals surface area (Å²) in [6.45, 7) is 0.651. The van der Waals surface area contributed by atoms with Gasteiger partial charge in [0.25, 0.3) is 0 Å². The summed E-state index contributed by atoms with van der Waals surface area (Å²) in [7, 11) is 0. The van der Waals surface area contributed by atoms with Crippen LogP contribution in [0.3, 0.4) is 0 Å². The van der Waals surface area contributed by atoms with Gasteiger partial charge in [-0.25, -0.2) is 9.97 Å². The molecule has 2 aromatic heterocycles. The van der Waals surface area contributed by atoms with Crippen molar-refractivity contribution in [2.75, 3.05) is 5.32 Å². The minimum Gasteiger partial charge on any atom is -0.378 e. The number of aromatic nitrogens is 3. The third-order valence-electron chi connectivity index (χ3n) is 2.84. The molecule has 0 aliphatic heterocycles. The molecule has 2 heterocycles. The van der Waals surface area contributed by atoms with Gasteiger partial charge in [-0.05, 0) is 23.8 Å². The molecule has 94 valence electrons. The summed E-state index contributed by atoms with van der Waals surface area (Å²) in [5, 5.41) is 4.95. The Hall–Kier alpha value is -2.20. The zero-order valence-corrected chi connectivity index (χ0v) is 10.8. The van der Waals surface area contributed by atoms with Crippen molar-refractivity contribution in [3.63, 3.8) is 0 Å². The smallest absolute Gasteiger partial charge is 0.115 e. The van der Waals surface area contributed by atoms with E-state index in [1.54, 1.807) is 18.6 Å². The normalized spacial score (nSPS) is 10.6. The Bertz CT molecular complexity index is 700. The van der Waals surface area contributed by atoms with E-state index >= 15 is 0 Å². The molecule has 3 rings (SSSR count). The van der Waals surface area contributed by atoms with Gasteiger partial charge < -0.3 is 5.32 Å². The summed E-state index contributed by atoms with van der Waals surface area (Å²) < 4.78 is 0. The molecule has 0 spiro atoms. The lowest BCUT2D eigenvalue weighted by Gasteiger charge is -2.09. The predicted molar refractivity (Wildman–Crippen MR) is 76.1 cm³/mol. The van der Waals surface area contributed by atoms with Crippen molar-refractivity contribution in [3.8, 4) is 0 Å². The molecule has 0 saturated heterocycles. The highest BCUT2D eigenvalue weighted by Crippen LogP contribution is 2.25. The van der Waals surface area contributed by atoms with Gasteiger partial charge >= 0.3 is 0 Å². The molecule has 0 bridgehead atoms. The number of hydrogen-bond donors (Lipinski definition) is 1. The molecule has 0 unspecified atom stereocenters. The average molecular weight is 271 g/mol. The van der Waals surface area contributed by atoms with Crippen LogP contribution in [0.1, 0.15) is 5.56 Å². The molecular formula is C14H11ClN4. The summed E-state index contributed by atoms with van der Waals surface area (Å²) in [6.07, 6.45) is 6.75. The van der Waals surface area contributed by atoms with Gasteiger partial charge in [-0.1, -0.05) is 17.7 Å². The monoisotopic (exact) mass is 270 g/mol. The molecule has 0 atom stereocenters. The fourth-order valence-electron chi connectivity index (χ4n) is 1.93. The Morgan fingerprint density at radius 2 is 1.95 bits per heavy atom. The van der Waals surface area contributed by atoms with E-state index in [0.717, 1.165) is 27.2 Å². The van der Waals surface area contributed by atoms with E-state index < -0.39 is 0 Å². The minimum absolute atomic E-state index is 0.651. The molecule has 1 N–H and O–H groups in total. The second-order valence-corrected chi connectivity index (χ2v) is 4.49. The first-order valence-electron chi connectivity index (χ1n) is 5.85. The predicted octanol–water partition coefficient (Wildman–Crippen LogP) is 3.29. The molecule has 0 saturated carbocycles. The average Bonchev–Trinajstić information content (AvgIpc) is 2.48. The first kappa shape index (κ1) is 11.9. The van der Waals surface area contributed by atoms with E-state index in [1.165, 1.54) is 6.33 Å². The van der Waals surface area contributed by atoms with E-state index in [2.05, 4.69) is 20.3 Å². The van der Waals surface area contributed by atoms with Crippen molar-refractivity contribution < 1.29 is 0 Å². The number of rotatable bonds is 3. The highest BCUT2D eigenvalue weighted by molar-refractivity contribution is 6.35. The van der Waals surface area contributed by atoms with Crippen LogP contribution in [0, 0.1) is 0 Å². The lowest BCUT2D eigenvalue weighted by atomic mass is 10.1. The molecular weight excluding hydrogens is 260 g/mol. The van der Waals surface area contributed by atoms with Gasteiger partial charge in [0.15, 0.2) is 0 Å². The fraction of sp³-hybridized carbons (Fsp3) is 0.0714. The van der Waals surface area contributed by atoms with Crippen molar-refractivity contribution in [1.29, 1.82) is 0 Å². The van der Waals surface area contributed by atoms with Crippen LogP contribution in [0.5, 0.6) is 0 Å². The lowest BCUT2D eigenvalue weighted by Crippen LogP contribution is -2.01. The summed E-state index contributed by atoms with van der Waals surface area (Å²) in [5.74, 6) is 0. The number of halogens is 1. The van der Waals surface area contributed by atoms with Crippen LogP contribution in [-0.4, -0.2) is 15.0 Å². The fourth-order valence-corrected chi connectivity index (χ4v) is 2.14. The number of hydrogen-bond acceptors (Lipinski definition) is 4. The van der Waals surface area contributed by atoms with Crippen LogP contribution in [0.4, 0.5) is 5.69 Å². The van der Waals surface area contributed by atoms with Crippen LogP contribution >= 0.6 is 11.6 Å². The van der Waals surface area contributed by atoms with Gasteiger partial charge in [0.2, 0.25) is 0 Å². The topological polar surface area (TPSA) is 50.7 Å². The summed E-state index contributed by atoms with van der Waals surface area (Å²) in [5.41, 5.74) is 2.88. The lowest BCUT2D eigenvalue weighted by molar-refractivity contribution is 1.10. The van der Waals surface area contributed by atoms with Gasteiger partial charge in [-0.2, -0.15) is 0 Å². The first-order chi connectivity index (χ1) is 9.34. The zero-order chi connectivity index (χ0) is 13.1. The Morgan fingerprint density at radius 1 is 1.11 bits per heavy atom. The minimum atomic E-state index is 0.651. The van der Waals surface area contributed by atoms with Crippen molar-refractivity contribution in [1.82, 2.24) is 15.0 Å². The molecule has 0 aliphatic carbocycles. The molecule has 19 heavy (non-hydrogen) atoms. The molecule has 0 aliphatic rings. The maximum Gasteiger partial charge on any atom is 0.115 e. The maximum atomic E-state index is 6.17. The second kappa shape index (κ2) is 5.20. The third-order valence-corrected chi connectivity index (χ3v) is 3.17. The molecule has 4 nitrogen and oxygen atoms in total. The Balaban J connectivity index is 1.91. The van der Waals surface area contributed by atoms with Crippen molar-refractivity contribution in [3.05, 3.63) is 59.8 Å². The van der Waals surface area contributed by atoms with Crippen molar-refractivity contribution in [2.24, 2.45) is 0 Å². The Labute approximate surface area is 115 Å². The van der Waals surface area contributed by atoms with Crippen LogP contribution in [0.2, 0.25) is 5.02 Å². The summed E-state index contributed by atoms with van der Waals surface area (Å²) in [4.78, 5) is 12.3. The molecule has 0 amide bonds. The highest BCUT2D eigenvalue weighted by Gasteiger charge is 2.05. The largest absolute Gasteiger partial charge is 0.378 e. The number of fused-ring (bicyclic) bond motifs is 1. The molecule has 0 fully saturated rings. The van der Waals surface area contributed by atoms with E-state index in [9.17, 15) is 0 Å². The quantitative estimate of drug-likeness (QED) is 0.793. The highest BCUT2D eigenvalue weighted by atomic mass is 35.5. The zero-order valence-electron chi connectivity index (χ0n) is 10.0. The Kier molecular flexibility index (Phi) is 3.25. The number of nitrogens with zero attached hydrogens (tertiary/aromatic N) is 3. The van der Waals surface area contributed by atoms with Gasteiger partial charge in [0, 0.05) is 23.2 Å². The van der Waals surface area contributed by atoms with E-state index in [1.807, 2.05) is 24.3 Å². The summed E-state index contributed by atoms with van der Waals surface area (Å²) in [6, 6.07) is 7.73. The van der Waals surface area contributed by atoms with Crippen LogP contribution < -0.4 is 5.32 Å². The third kappa shape index (κ3) is 2.48. The molecule has 0 radical (unpaired) electrons. The number of benzene rings is 1. The van der Waals surface area contributed by atoms with Crippen molar-refractivity contribution in [2.45, 2.75) is 6.54 Å². The van der Waals surface area contributed by atoms with Crippen LogP contribution in [-0.2, 0) is 6.54 Å². The molecule has 1 aromatic carbocycles. The van der Waals surface area contributed by atoms with Gasteiger partial charge in [0.05, 0.1) is 23.6 Å². The first-order valence-corrected chi connectivity index (χ1v) is 6.23. The second-order valence-electron chi connectivity index (χ2n) is 4.09. The number of anilines is 1. The molecule has 5 heteroatoms. The molecule has 3 aromatic rings. The van der Waals surface area contributed by atoms with Crippen molar-refractivity contribution >= 4 is 28.2 Å². The van der Waals surface area contributed by atoms with E-state index in [4.69, 9.17) is 11.6 Å². The maximum absolute atomic E-state index is 6.17. The van der Waals surface area contributed by atoms with Crippen LogP contribution in [0.15, 0.2) is 49.2 Å². The van der Waals surface area contributed by atoms with Gasteiger partial charge in [-0.15, -0.1) is 0 Å². The Morgan fingerprint density at radius 3 is 2.79 bits per heavy atom. The summed E-state index contributed by atoms with van der Waals surface area (Å²) >= 11 is 6.17. The number of nitrogens with one attached hydrogen (secondary N) is 1. The van der Waals surface area contributed by atoms with Gasteiger partial charge in [0.1, 0.15) is 6.33 Å². The van der Waals surface area contributed by atoms with Crippen LogP contribution in [0.25, 0.3) is 10.9 Å². The number of pyridine rings is 1.